The number of likely N-dealkylation sites (N-methyl/N-ethyl adjacent to an activating group) is 1. The van der Waals surface area contributed by atoms with Crippen LogP contribution < -0.4 is 10.5 Å². The van der Waals surface area contributed by atoms with Crippen molar-refractivity contribution in [1.29, 1.82) is 0 Å². The SMILES string of the molecule is CCOC(=O)N1CCC[C@@H]1CN(CC)c1nc(-c2ccncn2)cc(=O)n1C. The molecule has 3 rings (SSSR count). The molecule has 2 aromatic rings. The van der Waals surface area contributed by atoms with Gasteiger partial charge in [0.25, 0.3) is 5.56 Å². The zero-order valence-electron chi connectivity index (χ0n) is 16.5. The minimum Gasteiger partial charge on any atom is -0.450 e. The normalized spacial score (nSPS) is 16.2. The Balaban J connectivity index is 1.89. The maximum Gasteiger partial charge on any atom is 0.410 e. The highest BCUT2D eigenvalue weighted by Crippen LogP contribution is 2.22. The second kappa shape index (κ2) is 8.81. The minimum absolute atomic E-state index is 0.0265. The molecule has 0 unspecified atom stereocenters. The van der Waals surface area contributed by atoms with E-state index in [1.54, 1.807) is 31.1 Å². The highest BCUT2D eigenvalue weighted by molar-refractivity contribution is 5.68. The van der Waals surface area contributed by atoms with Gasteiger partial charge in [-0.25, -0.2) is 19.7 Å². The Labute approximate surface area is 164 Å². The molecule has 9 heteroatoms. The van der Waals surface area contributed by atoms with E-state index in [2.05, 4.69) is 15.0 Å². The number of ether oxygens (including phenoxy) is 1. The van der Waals surface area contributed by atoms with E-state index in [0.29, 0.717) is 43.6 Å². The number of hydrogen-bond donors (Lipinski definition) is 0. The lowest BCUT2D eigenvalue weighted by Gasteiger charge is -2.31. The number of likely N-dealkylation sites (tertiary alicyclic amines) is 1. The van der Waals surface area contributed by atoms with Crippen molar-refractivity contribution in [3.05, 3.63) is 35.0 Å². The quantitative estimate of drug-likeness (QED) is 0.746. The summed E-state index contributed by atoms with van der Waals surface area (Å²) in [5.41, 5.74) is 0.942. The maximum atomic E-state index is 12.5. The molecule has 0 saturated carbocycles. The van der Waals surface area contributed by atoms with Crippen LogP contribution in [0, 0.1) is 0 Å². The number of carbonyl (C=O) groups is 1. The molecule has 2 aromatic heterocycles. The van der Waals surface area contributed by atoms with Crippen LogP contribution in [0.25, 0.3) is 11.4 Å². The summed E-state index contributed by atoms with van der Waals surface area (Å²) in [4.78, 5) is 41.3. The van der Waals surface area contributed by atoms with Gasteiger partial charge in [0.05, 0.1) is 24.0 Å². The molecule has 0 radical (unpaired) electrons. The standard InChI is InChI=1S/C19H26N6O3/c1-4-24(12-14-7-6-10-25(14)19(27)28-5-2)18-22-16(11-17(26)23(18)3)15-8-9-20-13-21-15/h8-9,11,13-14H,4-7,10,12H2,1-3H3/t14-/m1/s1. The third kappa shape index (κ3) is 4.13. The Morgan fingerprint density at radius 2 is 2.18 bits per heavy atom. The second-order valence-corrected chi connectivity index (χ2v) is 6.66. The van der Waals surface area contributed by atoms with Crippen LogP contribution in [0.2, 0.25) is 0 Å². The number of anilines is 1. The third-order valence-electron chi connectivity index (χ3n) is 4.93. The minimum atomic E-state index is -0.280. The van der Waals surface area contributed by atoms with E-state index < -0.39 is 0 Å². The fraction of sp³-hybridized carbons (Fsp3) is 0.526. The molecule has 0 spiro atoms. The molecule has 28 heavy (non-hydrogen) atoms. The second-order valence-electron chi connectivity index (χ2n) is 6.66. The molecule has 1 aliphatic rings. The first-order valence-electron chi connectivity index (χ1n) is 9.58. The zero-order chi connectivity index (χ0) is 20.1. The van der Waals surface area contributed by atoms with Gasteiger partial charge in [0.2, 0.25) is 5.95 Å². The van der Waals surface area contributed by atoms with Crippen molar-refractivity contribution in [2.24, 2.45) is 7.05 Å². The number of hydrogen-bond acceptors (Lipinski definition) is 7. The van der Waals surface area contributed by atoms with Crippen molar-refractivity contribution in [2.75, 3.05) is 31.1 Å². The Morgan fingerprint density at radius 1 is 1.36 bits per heavy atom. The summed E-state index contributed by atoms with van der Waals surface area (Å²) < 4.78 is 6.71. The van der Waals surface area contributed by atoms with E-state index in [0.717, 1.165) is 12.8 Å². The van der Waals surface area contributed by atoms with Gasteiger partial charge < -0.3 is 14.5 Å². The highest BCUT2D eigenvalue weighted by atomic mass is 16.6. The molecule has 0 aromatic carbocycles. The van der Waals surface area contributed by atoms with Crippen molar-refractivity contribution in [3.8, 4) is 11.4 Å². The Kier molecular flexibility index (Phi) is 6.23. The average molecular weight is 386 g/mol. The number of rotatable bonds is 6. The van der Waals surface area contributed by atoms with Crippen LogP contribution in [0.15, 0.2) is 29.5 Å². The third-order valence-corrected chi connectivity index (χ3v) is 4.93. The van der Waals surface area contributed by atoms with Crippen molar-refractivity contribution < 1.29 is 9.53 Å². The number of amides is 1. The van der Waals surface area contributed by atoms with E-state index >= 15 is 0 Å². The molecule has 0 N–H and O–H groups in total. The van der Waals surface area contributed by atoms with Gasteiger partial charge in [-0.05, 0) is 32.8 Å². The molecular formula is C19H26N6O3. The predicted octanol–water partition coefficient (Wildman–Crippen LogP) is 1.68. The molecule has 0 bridgehead atoms. The van der Waals surface area contributed by atoms with Crippen molar-refractivity contribution in [1.82, 2.24) is 24.4 Å². The van der Waals surface area contributed by atoms with Gasteiger partial charge in [0.15, 0.2) is 0 Å². The molecular weight excluding hydrogens is 360 g/mol. The molecule has 0 aliphatic carbocycles. The average Bonchev–Trinajstić information content (AvgIpc) is 3.17. The van der Waals surface area contributed by atoms with Gasteiger partial charge in [-0.3, -0.25) is 9.36 Å². The topological polar surface area (TPSA) is 93.5 Å². The molecule has 1 atom stereocenters. The molecule has 9 nitrogen and oxygen atoms in total. The van der Waals surface area contributed by atoms with E-state index in [4.69, 9.17) is 4.74 Å². The number of carbonyl (C=O) groups excluding carboxylic acids is 1. The van der Waals surface area contributed by atoms with E-state index in [9.17, 15) is 9.59 Å². The van der Waals surface area contributed by atoms with Crippen molar-refractivity contribution >= 4 is 12.0 Å². The van der Waals surface area contributed by atoms with E-state index in [1.165, 1.54) is 17.0 Å². The fourth-order valence-electron chi connectivity index (χ4n) is 3.46. The van der Waals surface area contributed by atoms with Gasteiger partial charge in [-0.2, -0.15) is 0 Å². The summed E-state index contributed by atoms with van der Waals surface area (Å²) in [5.74, 6) is 0.555. The van der Waals surface area contributed by atoms with Crippen LogP contribution in [0.1, 0.15) is 26.7 Å². The Morgan fingerprint density at radius 3 is 2.86 bits per heavy atom. The van der Waals surface area contributed by atoms with Crippen LogP contribution in [0.4, 0.5) is 10.7 Å². The van der Waals surface area contributed by atoms with Crippen LogP contribution in [-0.2, 0) is 11.8 Å². The smallest absolute Gasteiger partial charge is 0.410 e. The first-order chi connectivity index (χ1) is 13.5. The first-order valence-corrected chi connectivity index (χ1v) is 9.58. The Hall–Kier alpha value is -2.97. The molecule has 3 heterocycles. The number of aromatic nitrogens is 4. The summed E-state index contributed by atoms with van der Waals surface area (Å²) in [6.45, 7) is 6.10. The summed E-state index contributed by atoms with van der Waals surface area (Å²) in [7, 11) is 1.70. The largest absolute Gasteiger partial charge is 0.450 e. The van der Waals surface area contributed by atoms with E-state index in [-0.39, 0.29) is 17.7 Å². The predicted molar refractivity (Wildman–Crippen MR) is 105 cm³/mol. The number of nitrogens with zero attached hydrogens (tertiary/aromatic N) is 6. The first kappa shape index (κ1) is 19.8. The van der Waals surface area contributed by atoms with Crippen LogP contribution in [0.3, 0.4) is 0 Å². The lowest BCUT2D eigenvalue weighted by molar-refractivity contribution is 0.103. The highest BCUT2D eigenvalue weighted by Gasteiger charge is 2.31. The molecule has 1 saturated heterocycles. The molecule has 1 aliphatic heterocycles. The van der Waals surface area contributed by atoms with Crippen LogP contribution in [0.5, 0.6) is 0 Å². The van der Waals surface area contributed by atoms with Gasteiger partial charge in [0.1, 0.15) is 6.33 Å². The maximum absolute atomic E-state index is 12.5. The Bertz CT molecular complexity index is 870. The van der Waals surface area contributed by atoms with E-state index in [1.807, 2.05) is 11.8 Å². The van der Waals surface area contributed by atoms with Gasteiger partial charge in [-0.1, -0.05) is 0 Å². The summed E-state index contributed by atoms with van der Waals surface area (Å²) >= 11 is 0. The molecule has 150 valence electrons. The zero-order valence-corrected chi connectivity index (χ0v) is 16.5. The van der Waals surface area contributed by atoms with Gasteiger partial charge in [-0.15, -0.1) is 0 Å². The van der Waals surface area contributed by atoms with Crippen LogP contribution in [-0.4, -0.2) is 62.8 Å². The summed E-state index contributed by atoms with van der Waals surface area (Å²) in [5, 5.41) is 0. The van der Waals surface area contributed by atoms with Gasteiger partial charge >= 0.3 is 6.09 Å². The van der Waals surface area contributed by atoms with Gasteiger partial charge in [0, 0.05) is 38.9 Å². The fourth-order valence-corrected chi connectivity index (χ4v) is 3.46. The molecule has 1 amide bonds. The summed E-state index contributed by atoms with van der Waals surface area (Å²) in [6, 6.07) is 3.22. The van der Waals surface area contributed by atoms with Crippen LogP contribution >= 0.6 is 0 Å². The lowest BCUT2D eigenvalue weighted by Crippen LogP contribution is -2.45. The molecule has 1 fully saturated rings. The lowest BCUT2D eigenvalue weighted by atomic mass is 10.2. The monoisotopic (exact) mass is 386 g/mol. The van der Waals surface area contributed by atoms with Crippen molar-refractivity contribution in [3.63, 3.8) is 0 Å². The van der Waals surface area contributed by atoms with Crippen molar-refractivity contribution in [2.45, 2.75) is 32.7 Å². The summed E-state index contributed by atoms with van der Waals surface area (Å²) in [6.07, 6.45) is 4.61.